The Morgan fingerprint density at radius 1 is 1.19 bits per heavy atom. The van der Waals surface area contributed by atoms with Gasteiger partial charge in [0.05, 0.1) is 5.02 Å². The molecule has 0 saturated carbocycles. The lowest BCUT2D eigenvalue weighted by molar-refractivity contribution is -0.120. The summed E-state index contributed by atoms with van der Waals surface area (Å²) >= 11 is 6.29. The molecule has 3 aromatic rings. The number of carbonyl (C=O) groups excluding carboxylic acids is 1. The third-order valence-corrected chi connectivity index (χ3v) is 4.47. The number of hydrogen-bond donors (Lipinski definition) is 0. The van der Waals surface area contributed by atoms with Crippen LogP contribution in [0.5, 0.6) is 5.75 Å². The number of halogens is 1. The Hall–Kier alpha value is -2.79. The molecule has 1 heterocycles. The first-order chi connectivity index (χ1) is 12.9. The molecule has 6 heteroatoms. The van der Waals surface area contributed by atoms with Crippen LogP contribution in [0.3, 0.4) is 0 Å². The molecular weight excluding hydrogens is 366 g/mol. The maximum absolute atomic E-state index is 12.7. The van der Waals surface area contributed by atoms with Crippen molar-refractivity contribution in [3.63, 3.8) is 0 Å². The van der Waals surface area contributed by atoms with Crippen molar-refractivity contribution in [2.75, 3.05) is 11.5 Å². The number of anilines is 1. The number of nitrogens with zero attached hydrogens (tertiary/aromatic N) is 1. The van der Waals surface area contributed by atoms with E-state index in [9.17, 15) is 9.59 Å². The van der Waals surface area contributed by atoms with Gasteiger partial charge in [0.15, 0.2) is 6.61 Å². The van der Waals surface area contributed by atoms with E-state index in [0.717, 1.165) is 16.6 Å². The minimum atomic E-state index is -0.445. The van der Waals surface area contributed by atoms with Crippen LogP contribution in [0.1, 0.15) is 19.4 Å². The van der Waals surface area contributed by atoms with Gasteiger partial charge in [-0.25, -0.2) is 4.79 Å². The van der Waals surface area contributed by atoms with Crippen molar-refractivity contribution in [1.29, 1.82) is 0 Å². The highest BCUT2D eigenvalue weighted by molar-refractivity contribution is 6.32. The fourth-order valence-electron chi connectivity index (χ4n) is 2.96. The van der Waals surface area contributed by atoms with Crippen LogP contribution in [-0.4, -0.2) is 18.6 Å². The molecule has 27 heavy (non-hydrogen) atoms. The SMILES string of the molecule is Cc1cc(=O)oc2cc(OCC(=O)N(c3ccccc3)C(C)C)c(Cl)cc12. The molecule has 0 aliphatic heterocycles. The van der Waals surface area contributed by atoms with Crippen LogP contribution in [0, 0.1) is 6.92 Å². The Labute approximate surface area is 162 Å². The van der Waals surface area contributed by atoms with Crippen LogP contribution < -0.4 is 15.3 Å². The minimum Gasteiger partial charge on any atom is -0.482 e. The van der Waals surface area contributed by atoms with Crippen LogP contribution in [0.15, 0.2) is 57.7 Å². The van der Waals surface area contributed by atoms with E-state index >= 15 is 0 Å². The van der Waals surface area contributed by atoms with Gasteiger partial charge >= 0.3 is 5.63 Å². The number of ether oxygens (including phenoxy) is 1. The molecule has 1 aromatic heterocycles. The molecule has 0 atom stereocenters. The van der Waals surface area contributed by atoms with Gasteiger partial charge in [-0.2, -0.15) is 0 Å². The first kappa shape index (κ1) is 19.0. The van der Waals surface area contributed by atoms with Crippen LogP contribution in [0.4, 0.5) is 5.69 Å². The molecule has 0 fully saturated rings. The Kier molecular flexibility index (Phi) is 5.51. The zero-order valence-corrected chi connectivity index (χ0v) is 16.1. The molecule has 1 amide bonds. The van der Waals surface area contributed by atoms with Gasteiger partial charge in [0, 0.05) is 29.2 Å². The molecule has 0 N–H and O–H groups in total. The molecule has 5 nitrogen and oxygen atoms in total. The summed E-state index contributed by atoms with van der Waals surface area (Å²) in [5.74, 6) is 0.0982. The van der Waals surface area contributed by atoms with E-state index in [1.165, 1.54) is 6.07 Å². The minimum absolute atomic E-state index is 0.0313. The number of aryl methyl sites for hydroxylation is 1. The summed E-state index contributed by atoms with van der Waals surface area (Å²) in [6, 6.07) is 14.0. The number of benzene rings is 2. The summed E-state index contributed by atoms with van der Waals surface area (Å²) in [4.78, 5) is 26.0. The second-order valence-electron chi connectivity index (χ2n) is 6.51. The Morgan fingerprint density at radius 2 is 1.89 bits per heavy atom. The van der Waals surface area contributed by atoms with Crippen LogP contribution in [-0.2, 0) is 4.79 Å². The number of fused-ring (bicyclic) bond motifs is 1. The summed E-state index contributed by atoms with van der Waals surface area (Å²) in [5.41, 5.74) is 1.49. The van der Waals surface area contributed by atoms with Crippen LogP contribution >= 0.6 is 11.6 Å². The van der Waals surface area contributed by atoms with Gasteiger partial charge in [0.1, 0.15) is 11.3 Å². The Morgan fingerprint density at radius 3 is 2.56 bits per heavy atom. The van der Waals surface area contributed by atoms with Crippen molar-refractivity contribution < 1.29 is 13.9 Å². The normalized spacial score (nSPS) is 11.0. The van der Waals surface area contributed by atoms with Gasteiger partial charge in [0.2, 0.25) is 0 Å². The first-order valence-electron chi connectivity index (χ1n) is 8.60. The van der Waals surface area contributed by atoms with Crippen LogP contribution in [0.25, 0.3) is 11.0 Å². The molecular formula is C21H20ClNO4. The lowest BCUT2D eigenvalue weighted by atomic mass is 10.1. The van der Waals surface area contributed by atoms with Crippen molar-refractivity contribution in [3.05, 3.63) is 69.5 Å². The maximum atomic E-state index is 12.7. The molecule has 3 rings (SSSR count). The lowest BCUT2D eigenvalue weighted by Crippen LogP contribution is -2.40. The first-order valence-corrected chi connectivity index (χ1v) is 8.98. The molecule has 140 valence electrons. The summed E-state index contributed by atoms with van der Waals surface area (Å²) in [6.45, 7) is 5.49. The van der Waals surface area contributed by atoms with Crippen molar-refractivity contribution in [2.45, 2.75) is 26.8 Å². The van der Waals surface area contributed by atoms with Crippen molar-refractivity contribution in [3.8, 4) is 5.75 Å². The summed E-state index contributed by atoms with van der Waals surface area (Å²) in [6.07, 6.45) is 0. The molecule has 0 aliphatic carbocycles. The third-order valence-electron chi connectivity index (χ3n) is 4.17. The summed E-state index contributed by atoms with van der Waals surface area (Å²) in [5, 5.41) is 1.08. The fourth-order valence-corrected chi connectivity index (χ4v) is 3.18. The van der Waals surface area contributed by atoms with E-state index in [1.807, 2.05) is 44.2 Å². The molecule has 0 saturated heterocycles. The van der Waals surface area contributed by atoms with Crippen molar-refractivity contribution in [2.24, 2.45) is 0 Å². The third kappa shape index (κ3) is 4.14. The largest absolute Gasteiger partial charge is 0.482 e. The van der Waals surface area contributed by atoms with Crippen LogP contribution in [0.2, 0.25) is 5.02 Å². The second-order valence-corrected chi connectivity index (χ2v) is 6.92. The monoisotopic (exact) mass is 385 g/mol. The second kappa shape index (κ2) is 7.84. The zero-order valence-electron chi connectivity index (χ0n) is 15.4. The van der Waals surface area contributed by atoms with Gasteiger partial charge in [-0.15, -0.1) is 0 Å². The van der Waals surface area contributed by atoms with Gasteiger partial charge in [-0.3, -0.25) is 4.79 Å². The Bertz CT molecular complexity index is 1030. The Balaban J connectivity index is 1.84. The highest BCUT2D eigenvalue weighted by Gasteiger charge is 2.20. The molecule has 0 radical (unpaired) electrons. The highest BCUT2D eigenvalue weighted by atomic mass is 35.5. The number of amides is 1. The molecule has 2 aromatic carbocycles. The van der Waals surface area contributed by atoms with Gasteiger partial charge in [-0.1, -0.05) is 29.8 Å². The molecule has 0 spiro atoms. The lowest BCUT2D eigenvalue weighted by Gasteiger charge is -2.27. The molecule has 0 unspecified atom stereocenters. The number of rotatable bonds is 5. The smallest absolute Gasteiger partial charge is 0.336 e. The van der Waals surface area contributed by atoms with Crippen molar-refractivity contribution in [1.82, 2.24) is 0 Å². The molecule has 0 aliphatic rings. The van der Waals surface area contributed by atoms with E-state index in [2.05, 4.69) is 0 Å². The fraction of sp³-hybridized carbons (Fsp3) is 0.238. The standard InChI is InChI=1S/C21H20ClNO4/c1-13(2)23(15-7-5-4-6-8-15)20(24)12-26-19-11-18-16(10-17(19)22)14(3)9-21(25)27-18/h4-11,13H,12H2,1-3H3. The number of para-hydroxylation sites is 1. The number of hydrogen-bond acceptors (Lipinski definition) is 4. The van der Waals surface area contributed by atoms with E-state index in [0.29, 0.717) is 16.4 Å². The maximum Gasteiger partial charge on any atom is 0.336 e. The van der Waals surface area contributed by atoms with Gasteiger partial charge < -0.3 is 14.1 Å². The van der Waals surface area contributed by atoms with E-state index in [4.69, 9.17) is 20.8 Å². The highest BCUT2D eigenvalue weighted by Crippen LogP contribution is 2.31. The predicted molar refractivity (Wildman–Crippen MR) is 107 cm³/mol. The number of carbonyl (C=O) groups is 1. The van der Waals surface area contributed by atoms with E-state index in [-0.39, 0.29) is 18.6 Å². The molecule has 0 bridgehead atoms. The van der Waals surface area contributed by atoms with E-state index < -0.39 is 5.63 Å². The summed E-state index contributed by atoms with van der Waals surface area (Å²) in [7, 11) is 0. The average molecular weight is 386 g/mol. The topological polar surface area (TPSA) is 59.8 Å². The van der Waals surface area contributed by atoms with Gasteiger partial charge in [0.25, 0.3) is 5.91 Å². The average Bonchev–Trinajstić information content (AvgIpc) is 2.61. The predicted octanol–water partition coefficient (Wildman–Crippen LogP) is 4.58. The quantitative estimate of drug-likeness (QED) is 0.603. The van der Waals surface area contributed by atoms with E-state index in [1.54, 1.807) is 24.0 Å². The van der Waals surface area contributed by atoms with Crippen molar-refractivity contribution >= 4 is 34.2 Å². The summed E-state index contributed by atoms with van der Waals surface area (Å²) < 4.78 is 10.9. The zero-order chi connectivity index (χ0) is 19.6. The van der Waals surface area contributed by atoms with Gasteiger partial charge in [-0.05, 0) is 44.5 Å².